The molecule has 0 spiro atoms. The first-order chi connectivity index (χ1) is 17.4. The van der Waals surface area contributed by atoms with Crippen molar-refractivity contribution in [2.45, 2.75) is 23.9 Å². The Morgan fingerprint density at radius 1 is 0.861 bits per heavy atom. The average molecular weight is 519 g/mol. The number of ether oxygens (including phenoxy) is 1. The van der Waals surface area contributed by atoms with E-state index < -0.39 is 28.1 Å². The van der Waals surface area contributed by atoms with Crippen molar-refractivity contribution in [3.63, 3.8) is 0 Å². The molecule has 0 fully saturated rings. The van der Waals surface area contributed by atoms with Crippen LogP contribution in [0.1, 0.15) is 27.6 Å². The lowest BCUT2D eigenvalue weighted by Crippen LogP contribution is -2.40. The van der Waals surface area contributed by atoms with E-state index in [-0.39, 0.29) is 4.90 Å². The topological polar surface area (TPSA) is 84.8 Å². The molecule has 0 unspecified atom stereocenters. The average Bonchev–Trinajstić information content (AvgIpc) is 3.44. The van der Waals surface area contributed by atoms with Gasteiger partial charge in [0.2, 0.25) is 10.0 Å². The van der Waals surface area contributed by atoms with Crippen molar-refractivity contribution in [3.8, 4) is 0 Å². The first-order valence-corrected chi connectivity index (χ1v) is 13.6. The van der Waals surface area contributed by atoms with Crippen LogP contribution in [0.5, 0.6) is 0 Å². The van der Waals surface area contributed by atoms with Crippen LogP contribution in [0.25, 0.3) is 0 Å². The molecular weight excluding hydrogens is 492 g/mol. The predicted octanol–water partition coefficient (Wildman–Crippen LogP) is 5.16. The van der Waals surface area contributed by atoms with Gasteiger partial charge in [-0.15, -0.1) is 11.3 Å². The van der Waals surface area contributed by atoms with Gasteiger partial charge in [-0.2, -0.15) is 0 Å². The van der Waals surface area contributed by atoms with Crippen molar-refractivity contribution in [2.75, 3.05) is 7.11 Å². The lowest BCUT2D eigenvalue weighted by molar-refractivity contribution is -0.142. The summed E-state index contributed by atoms with van der Waals surface area (Å²) in [4.78, 5) is 18.8. The molecule has 184 valence electrons. The van der Waals surface area contributed by atoms with E-state index in [0.717, 1.165) is 16.7 Å². The Kier molecular flexibility index (Phi) is 8.10. The van der Waals surface area contributed by atoms with E-state index in [0.29, 0.717) is 10.6 Å². The molecule has 3 aromatic carbocycles. The zero-order valence-electron chi connectivity index (χ0n) is 19.9. The highest BCUT2D eigenvalue weighted by Crippen LogP contribution is 2.28. The molecule has 0 bridgehead atoms. The molecule has 2 atom stereocenters. The molecular formula is C28H26N2O4S2. The van der Waals surface area contributed by atoms with Gasteiger partial charge in [-0.05, 0) is 30.5 Å². The van der Waals surface area contributed by atoms with E-state index in [1.165, 1.54) is 18.4 Å². The zero-order valence-corrected chi connectivity index (χ0v) is 21.5. The Morgan fingerprint density at radius 2 is 1.44 bits per heavy atom. The van der Waals surface area contributed by atoms with Crippen LogP contribution in [0, 0.1) is 6.92 Å². The Hall–Kier alpha value is -3.59. The van der Waals surface area contributed by atoms with Crippen molar-refractivity contribution < 1.29 is 17.9 Å². The second-order valence-corrected chi connectivity index (χ2v) is 10.8. The number of sulfonamides is 1. The molecule has 0 aliphatic heterocycles. The van der Waals surface area contributed by atoms with E-state index in [1.54, 1.807) is 36.4 Å². The van der Waals surface area contributed by atoms with Gasteiger partial charge >= 0.3 is 5.97 Å². The normalized spacial score (nSPS) is 12.9. The smallest absolute Gasteiger partial charge is 0.332 e. The van der Waals surface area contributed by atoms with Gasteiger partial charge in [0.15, 0.2) is 6.04 Å². The minimum Gasteiger partial charge on any atom is -0.467 e. The summed E-state index contributed by atoms with van der Waals surface area (Å²) < 4.78 is 34.6. The molecule has 6 nitrogen and oxygen atoms in total. The van der Waals surface area contributed by atoms with Gasteiger partial charge in [-0.25, -0.2) is 17.9 Å². The van der Waals surface area contributed by atoms with Crippen molar-refractivity contribution >= 4 is 33.0 Å². The Morgan fingerprint density at radius 3 is 1.94 bits per heavy atom. The summed E-state index contributed by atoms with van der Waals surface area (Å²) in [6.45, 7) is 1.88. The molecule has 1 N–H and O–H groups in total. The summed E-state index contributed by atoms with van der Waals surface area (Å²) in [5.74, 6) is -0.649. The van der Waals surface area contributed by atoms with Gasteiger partial charge in [-0.3, -0.25) is 4.99 Å². The molecule has 1 heterocycles. The zero-order chi connectivity index (χ0) is 25.5. The van der Waals surface area contributed by atoms with Crippen LogP contribution in [0.3, 0.4) is 0 Å². The number of hydrogen-bond acceptors (Lipinski definition) is 6. The highest BCUT2D eigenvalue weighted by molar-refractivity contribution is 7.89. The lowest BCUT2D eigenvalue weighted by Gasteiger charge is -2.24. The number of hydrogen-bond donors (Lipinski definition) is 1. The van der Waals surface area contributed by atoms with Crippen molar-refractivity contribution in [1.82, 2.24) is 4.72 Å². The molecule has 0 aliphatic carbocycles. The summed E-state index contributed by atoms with van der Waals surface area (Å²) in [7, 11) is -2.70. The van der Waals surface area contributed by atoms with Crippen molar-refractivity contribution in [3.05, 3.63) is 124 Å². The van der Waals surface area contributed by atoms with E-state index in [9.17, 15) is 13.2 Å². The summed E-state index contributed by atoms with van der Waals surface area (Å²) >= 11 is 1.34. The van der Waals surface area contributed by atoms with E-state index in [4.69, 9.17) is 9.73 Å². The highest BCUT2D eigenvalue weighted by atomic mass is 32.2. The van der Waals surface area contributed by atoms with Gasteiger partial charge in [0, 0.05) is 16.0 Å². The molecule has 36 heavy (non-hydrogen) atoms. The predicted molar refractivity (Wildman–Crippen MR) is 143 cm³/mol. The van der Waals surface area contributed by atoms with Crippen LogP contribution in [0.4, 0.5) is 0 Å². The minimum atomic E-state index is -3.97. The summed E-state index contributed by atoms with van der Waals surface area (Å²) in [6.07, 6.45) is 0. The fraction of sp³-hybridized carbons (Fsp3) is 0.143. The van der Waals surface area contributed by atoms with Crippen molar-refractivity contribution in [1.29, 1.82) is 0 Å². The Bertz CT molecular complexity index is 1380. The highest BCUT2D eigenvalue weighted by Gasteiger charge is 2.35. The molecule has 0 saturated heterocycles. The van der Waals surface area contributed by atoms with Crippen LogP contribution in [0.15, 0.2) is 112 Å². The molecule has 0 radical (unpaired) electrons. The number of rotatable bonds is 9. The second kappa shape index (κ2) is 11.4. The standard InChI is InChI=1S/C28H26N2O4S2/c1-20-15-17-23(18-16-20)36(32,33)30-26(24-14-9-19-35-24)27(28(31)34-2)29-25(21-10-5-3-6-11-21)22-12-7-4-8-13-22/h3-19,26-27,30H,1-2H3/t26-,27-/m1/s1. The maximum Gasteiger partial charge on any atom is 0.332 e. The number of nitrogens with zero attached hydrogens (tertiary/aromatic N) is 1. The molecule has 4 rings (SSSR count). The third-order valence-corrected chi connectivity index (χ3v) is 8.00. The number of aryl methyl sites for hydroxylation is 1. The monoisotopic (exact) mass is 518 g/mol. The van der Waals surface area contributed by atoms with Crippen LogP contribution in [0.2, 0.25) is 0 Å². The number of thiophene rings is 1. The first-order valence-electron chi connectivity index (χ1n) is 11.3. The lowest BCUT2D eigenvalue weighted by atomic mass is 10.0. The number of esters is 1. The number of carbonyl (C=O) groups excluding carboxylic acids is 1. The molecule has 0 aliphatic rings. The Labute approximate surface area is 215 Å². The molecule has 0 amide bonds. The Balaban J connectivity index is 1.85. The second-order valence-electron chi connectivity index (χ2n) is 8.11. The number of nitrogens with one attached hydrogen (secondary N) is 1. The summed E-state index contributed by atoms with van der Waals surface area (Å²) in [5, 5.41) is 1.83. The fourth-order valence-corrected chi connectivity index (χ4v) is 5.83. The quantitative estimate of drug-likeness (QED) is 0.245. The van der Waals surface area contributed by atoms with Gasteiger partial charge in [0.05, 0.1) is 23.8 Å². The van der Waals surface area contributed by atoms with Crippen LogP contribution < -0.4 is 4.72 Å². The third-order valence-electron chi connectivity index (χ3n) is 5.58. The SMILES string of the molecule is COC(=O)[C@H](N=C(c1ccccc1)c1ccccc1)[C@H](NS(=O)(=O)c1ccc(C)cc1)c1cccs1. The third kappa shape index (κ3) is 5.96. The van der Waals surface area contributed by atoms with E-state index >= 15 is 0 Å². The maximum absolute atomic E-state index is 13.4. The summed E-state index contributed by atoms with van der Waals surface area (Å²) in [5.41, 5.74) is 3.09. The fourth-order valence-electron chi connectivity index (χ4n) is 3.73. The van der Waals surface area contributed by atoms with Crippen LogP contribution >= 0.6 is 11.3 Å². The van der Waals surface area contributed by atoms with Crippen LogP contribution in [-0.4, -0.2) is 33.3 Å². The van der Waals surface area contributed by atoms with Gasteiger partial charge in [0.25, 0.3) is 0 Å². The van der Waals surface area contributed by atoms with Gasteiger partial charge in [0.1, 0.15) is 0 Å². The molecule has 4 aromatic rings. The van der Waals surface area contributed by atoms with Gasteiger partial charge in [-0.1, -0.05) is 84.4 Å². The minimum absolute atomic E-state index is 0.105. The first kappa shape index (κ1) is 25.5. The number of benzene rings is 3. The van der Waals surface area contributed by atoms with Gasteiger partial charge < -0.3 is 4.74 Å². The molecule has 1 aromatic heterocycles. The van der Waals surface area contributed by atoms with Crippen LogP contribution in [-0.2, 0) is 19.6 Å². The van der Waals surface area contributed by atoms with Crippen molar-refractivity contribution in [2.24, 2.45) is 4.99 Å². The largest absolute Gasteiger partial charge is 0.467 e. The van der Waals surface area contributed by atoms with E-state index in [2.05, 4.69) is 4.72 Å². The molecule has 0 saturated carbocycles. The summed E-state index contributed by atoms with van der Waals surface area (Å²) in [6, 6.07) is 26.9. The maximum atomic E-state index is 13.4. The number of carbonyl (C=O) groups is 1. The van der Waals surface area contributed by atoms with E-state index in [1.807, 2.05) is 73.0 Å². The number of aliphatic imine (C=N–C) groups is 1. The molecule has 8 heteroatoms. The number of methoxy groups -OCH3 is 1.